The van der Waals surface area contributed by atoms with Gasteiger partial charge in [-0.2, -0.15) is 0 Å². The van der Waals surface area contributed by atoms with Gasteiger partial charge in [0.25, 0.3) is 0 Å². The second-order valence-corrected chi connectivity index (χ2v) is 7.90. The van der Waals surface area contributed by atoms with Crippen LogP contribution in [0.3, 0.4) is 0 Å². The van der Waals surface area contributed by atoms with E-state index < -0.39 is 0 Å². The minimum atomic E-state index is 0.243. The van der Waals surface area contributed by atoms with E-state index >= 15 is 0 Å². The van der Waals surface area contributed by atoms with E-state index in [-0.39, 0.29) is 5.91 Å². The Hall–Kier alpha value is -1.88. The maximum absolute atomic E-state index is 13.1. The van der Waals surface area contributed by atoms with Crippen LogP contribution in [0.5, 0.6) is 0 Å². The van der Waals surface area contributed by atoms with Crippen molar-refractivity contribution >= 4 is 16.9 Å². The average molecular weight is 354 g/mol. The quantitative estimate of drug-likeness (QED) is 0.831. The monoisotopic (exact) mass is 354 g/mol. The number of aromatic nitrogens is 2. The summed E-state index contributed by atoms with van der Waals surface area (Å²) < 4.78 is 2.19. The van der Waals surface area contributed by atoms with E-state index in [0.717, 1.165) is 49.6 Å². The van der Waals surface area contributed by atoms with Crippen molar-refractivity contribution in [3.8, 4) is 0 Å². The van der Waals surface area contributed by atoms with Crippen molar-refractivity contribution in [2.75, 3.05) is 26.2 Å². The van der Waals surface area contributed by atoms with Gasteiger partial charge in [-0.15, -0.1) is 0 Å². The lowest BCUT2D eigenvalue weighted by Gasteiger charge is -2.26. The van der Waals surface area contributed by atoms with E-state index in [1.165, 1.54) is 31.4 Å². The van der Waals surface area contributed by atoms with Gasteiger partial charge < -0.3 is 14.8 Å². The summed E-state index contributed by atoms with van der Waals surface area (Å²) in [5, 5.41) is 4.65. The first-order valence-electron chi connectivity index (χ1n) is 10.2. The molecule has 2 aromatic heterocycles. The van der Waals surface area contributed by atoms with Gasteiger partial charge in [-0.25, -0.2) is 4.98 Å². The number of hydrogen-bond donors (Lipinski definition) is 1. The SMILES string of the molecule is CCCN(CC1CC1)C(=O)Cn1c([C@H]2CCCNC2)cc2cccnc21. The van der Waals surface area contributed by atoms with Crippen molar-refractivity contribution in [3.63, 3.8) is 0 Å². The van der Waals surface area contributed by atoms with Gasteiger partial charge in [0.05, 0.1) is 0 Å². The molecule has 2 aromatic rings. The Balaban J connectivity index is 1.61. The summed E-state index contributed by atoms with van der Waals surface area (Å²) in [5.74, 6) is 1.44. The van der Waals surface area contributed by atoms with Crippen LogP contribution in [0.2, 0.25) is 0 Å². The predicted octanol–water partition coefficient (Wildman–Crippen LogP) is 3.15. The first kappa shape index (κ1) is 17.5. The molecule has 4 rings (SSSR count). The smallest absolute Gasteiger partial charge is 0.242 e. The molecule has 5 nitrogen and oxygen atoms in total. The number of nitrogens with zero attached hydrogens (tertiary/aromatic N) is 3. The minimum absolute atomic E-state index is 0.243. The first-order chi connectivity index (χ1) is 12.8. The van der Waals surface area contributed by atoms with Crippen molar-refractivity contribution in [3.05, 3.63) is 30.1 Å². The van der Waals surface area contributed by atoms with Crippen LogP contribution in [0.25, 0.3) is 11.0 Å². The van der Waals surface area contributed by atoms with Gasteiger partial charge in [0.15, 0.2) is 0 Å². The molecule has 0 spiro atoms. The number of carbonyl (C=O) groups is 1. The number of fused-ring (bicyclic) bond motifs is 1. The highest BCUT2D eigenvalue weighted by Crippen LogP contribution is 2.31. The zero-order chi connectivity index (χ0) is 17.9. The molecule has 1 aliphatic heterocycles. The fourth-order valence-electron chi connectivity index (χ4n) is 4.15. The molecule has 0 bridgehead atoms. The van der Waals surface area contributed by atoms with Crippen LogP contribution < -0.4 is 5.32 Å². The number of nitrogens with one attached hydrogen (secondary N) is 1. The molecule has 5 heteroatoms. The van der Waals surface area contributed by atoms with Gasteiger partial charge in [0.1, 0.15) is 12.2 Å². The summed E-state index contributed by atoms with van der Waals surface area (Å²) in [6.45, 7) is 6.45. The standard InChI is InChI=1S/C21H30N4O/c1-2-11-24(14-16-7-8-16)20(26)15-25-19(18-6-3-9-22-13-18)12-17-5-4-10-23-21(17)25/h4-5,10,12,16,18,22H,2-3,6-9,11,13-15H2,1H3/t18-/m0/s1. The normalized spacial score (nSPS) is 20.4. The summed E-state index contributed by atoms with van der Waals surface area (Å²) in [6.07, 6.45) is 7.78. The molecule has 2 aliphatic rings. The predicted molar refractivity (Wildman–Crippen MR) is 104 cm³/mol. The zero-order valence-corrected chi connectivity index (χ0v) is 15.8. The highest BCUT2D eigenvalue weighted by atomic mass is 16.2. The highest BCUT2D eigenvalue weighted by Gasteiger charge is 2.28. The van der Waals surface area contributed by atoms with E-state index in [0.29, 0.717) is 12.5 Å². The van der Waals surface area contributed by atoms with Crippen molar-refractivity contribution in [2.24, 2.45) is 5.92 Å². The molecule has 0 radical (unpaired) electrons. The van der Waals surface area contributed by atoms with Crippen molar-refractivity contribution in [1.29, 1.82) is 0 Å². The van der Waals surface area contributed by atoms with Crippen LogP contribution in [-0.2, 0) is 11.3 Å². The summed E-state index contributed by atoms with van der Waals surface area (Å²) in [7, 11) is 0. The molecule has 140 valence electrons. The second-order valence-electron chi connectivity index (χ2n) is 7.90. The Kier molecular flexibility index (Phi) is 5.25. The lowest BCUT2D eigenvalue weighted by molar-refractivity contribution is -0.132. The molecule has 0 unspecified atom stereocenters. The van der Waals surface area contributed by atoms with Gasteiger partial charge in [0.2, 0.25) is 5.91 Å². The molecular weight excluding hydrogens is 324 g/mol. The number of hydrogen-bond acceptors (Lipinski definition) is 3. The molecule has 0 aromatic carbocycles. The molecular formula is C21H30N4O. The van der Waals surface area contributed by atoms with Crippen LogP contribution in [0.4, 0.5) is 0 Å². The Morgan fingerprint density at radius 2 is 2.27 bits per heavy atom. The largest absolute Gasteiger partial charge is 0.341 e. The Bertz CT molecular complexity index is 758. The van der Waals surface area contributed by atoms with Gasteiger partial charge >= 0.3 is 0 Å². The van der Waals surface area contributed by atoms with Gasteiger partial charge in [-0.3, -0.25) is 4.79 Å². The molecule has 1 saturated heterocycles. The van der Waals surface area contributed by atoms with Crippen LogP contribution in [0.15, 0.2) is 24.4 Å². The maximum atomic E-state index is 13.1. The fourth-order valence-corrected chi connectivity index (χ4v) is 4.15. The number of rotatable bonds is 7. The molecule has 2 fully saturated rings. The van der Waals surface area contributed by atoms with E-state index in [4.69, 9.17) is 0 Å². The van der Waals surface area contributed by atoms with E-state index in [2.05, 4.69) is 38.8 Å². The lowest BCUT2D eigenvalue weighted by Crippen LogP contribution is -2.37. The van der Waals surface area contributed by atoms with Gasteiger partial charge in [0, 0.05) is 42.8 Å². The molecule has 26 heavy (non-hydrogen) atoms. The van der Waals surface area contributed by atoms with Gasteiger partial charge in [-0.1, -0.05) is 6.92 Å². The minimum Gasteiger partial charge on any atom is -0.341 e. The van der Waals surface area contributed by atoms with E-state index in [1.54, 1.807) is 0 Å². The molecule has 1 aliphatic carbocycles. The fraction of sp³-hybridized carbons (Fsp3) is 0.619. The van der Waals surface area contributed by atoms with E-state index in [1.807, 2.05) is 12.3 Å². The highest BCUT2D eigenvalue weighted by molar-refractivity contribution is 5.82. The zero-order valence-electron chi connectivity index (χ0n) is 15.8. The van der Waals surface area contributed by atoms with Gasteiger partial charge in [-0.05, 0) is 62.8 Å². The maximum Gasteiger partial charge on any atom is 0.242 e. The number of pyridine rings is 1. The van der Waals surface area contributed by atoms with Crippen LogP contribution in [0, 0.1) is 5.92 Å². The van der Waals surface area contributed by atoms with Crippen molar-refractivity contribution < 1.29 is 4.79 Å². The third-order valence-corrected chi connectivity index (χ3v) is 5.72. The summed E-state index contributed by atoms with van der Waals surface area (Å²) in [6, 6.07) is 6.34. The van der Waals surface area contributed by atoms with E-state index in [9.17, 15) is 4.79 Å². The summed E-state index contributed by atoms with van der Waals surface area (Å²) >= 11 is 0. The average Bonchev–Trinajstić information content (AvgIpc) is 3.42. The Labute approximate surface area is 155 Å². The van der Waals surface area contributed by atoms with Crippen LogP contribution in [0.1, 0.15) is 50.6 Å². The van der Waals surface area contributed by atoms with Crippen LogP contribution in [-0.4, -0.2) is 46.5 Å². The second kappa shape index (κ2) is 7.78. The first-order valence-corrected chi connectivity index (χ1v) is 10.2. The molecule has 1 saturated carbocycles. The number of piperidine rings is 1. The summed E-state index contributed by atoms with van der Waals surface area (Å²) in [4.78, 5) is 19.8. The Morgan fingerprint density at radius 1 is 1.38 bits per heavy atom. The van der Waals surface area contributed by atoms with Crippen molar-refractivity contribution in [2.45, 2.75) is 51.5 Å². The molecule has 1 atom stereocenters. The summed E-state index contributed by atoms with van der Waals surface area (Å²) in [5.41, 5.74) is 2.21. The topological polar surface area (TPSA) is 50.2 Å². The Morgan fingerprint density at radius 3 is 3.00 bits per heavy atom. The molecule has 1 N–H and O–H groups in total. The number of amides is 1. The number of carbonyl (C=O) groups excluding carboxylic acids is 1. The molecule has 1 amide bonds. The third kappa shape index (κ3) is 3.78. The lowest BCUT2D eigenvalue weighted by atomic mass is 9.96. The third-order valence-electron chi connectivity index (χ3n) is 5.72. The van der Waals surface area contributed by atoms with Crippen LogP contribution >= 0.6 is 0 Å². The van der Waals surface area contributed by atoms with Crippen molar-refractivity contribution in [1.82, 2.24) is 19.8 Å². The molecule has 3 heterocycles.